The lowest BCUT2D eigenvalue weighted by atomic mass is 10.2. The van der Waals surface area contributed by atoms with Gasteiger partial charge in [0.1, 0.15) is 11.3 Å². The van der Waals surface area contributed by atoms with E-state index in [9.17, 15) is 4.79 Å². The fourth-order valence-corrected chi connectivity index (χ4v) is 2.33. The number of nitrogens with two attached hydrogens (primary N) is 1. The third-order valence-electron chi connectivity index (χ3n) is 3.37. The Morgan fingerprint density at radius 3 is 3.00 bits per heavy atom. The normalized spacial score (nSPS) is 19.6. The minimum absolute atomic E-state index is 0.00611. The molecule has 0 saturated carbocycles. The SMILES string of the molecule is N[C@H]1CCN(C(=O)/C=C/c2cc3ccccc3o2)C1. The number of nitrogens with zero attached hydrogens (tertiary/aromatic N) is 1. The van der Waals surface area contributed by atoms with Gasteiger partial charge >= 0.3 is 0 Å². The highest BCUT2D eigenvalue weighted by Crippen LogP contribution is 2.19. The molecule has 1 aromatic heterocycles. The third-order valence-corrected chi connectivity index (χ3v) is 3.37. The number of carbonyl (C=O) groups is 1. The van der Waals surface area contributed by atoms with Gasteiger partial charge in [-0.3, -0.25) is 4.79 Å². The van der Waals surface area contributed by atoms with Crippen LogP contribution in [0.4, 0.5) is 0 Å². The van der Waals surface area contributed by atoms with Gasteiger partial charge in [-0.2, -0.15) is 0 Å². The van der Waals surface area contributed by atoms with E-state index >= 15 is 0 Å². The molecule has 0 bridgehead atoms. The summed E-state index contributed by atoms with van der Waals surface area (Å²) < 4.78 is 5.62. The van der Waals surface area contributed by atoms with Crippen LogP contribution in [-0.4, -0.2) is 29.9 Å². The highest BCUT2D eigenvalue weighted by Gasteiger charge is 2.21. The Balaban J connectivity index is 1.73. The molecule has 2 aromatic rings. The maximum Gasteiger partial charge on any atom is 0.246 e. The zero-order valence-corrected chi connectivity index (χ0v) is 10.6. The standard InChI is InChI=1S/C15H16N2O2/c16-12-7-8-17(10-12)15(18)6-5-13-9-11-3-1-2-4-14(11)19-13/h1-6,9,12H,7-8,10,16H2/b6-5+/t12-/m0/s1. The van der Waals surface area contributed by atoms with Crippen LogP contribution in [0.25, 0.3) is 17.0 Å². The van der Waals surface area contributed by atoms with Gasteiger partial charge in [0.05, 0.1) is 0 Å². The van der Waals surface area contributed by atoms with Crippen LogP contribution < -0.4 is 5.73 Å². The molecule has 1 saturated heterocycles. The minimum Gasteiger partial charge on any atom is -0.457 e. The minimum atomic E-state index is -0.00611. The van der Waals surface area contributed by atoms with Crippen molar-refractivity contribution in [2.24, 2.45) is 5.73 Å². The Kier molecular flexibility index (Phi) is 3.09. The zero-order valence-electron chi connectivity index (χ0n) is 10.6. The predicted octanol–water partition coefficient (Wildman–Crippen LogP) is 2.01. The van der Waals surface area contributed by atoms with Gasteiger partial charge in [0.15, 0.2) is 0 Å². The molecule has 4 heteroatoms. The fourth-order valence-electron chi connectivity index (χ4n) is 2.33. The number of para-hydroxylation sites is 1. The van der Waals surface area contributed by atoms with Crippen LogP contribution in [0, 0.1) is 0 Å². The van der Waals surface area contributed by atoms with Gasteiger partial charge in [0, 0.05) is 30.6 Å². The first-order valence-electron chi connectivity index (χ1n) is 6.43. The van der Waals surface area contributed by atoms with Crippen LogP contribution in [0.15, 0.2) is 40.8 Å². The van der Waals surface area contributed by atoms with Gasteiger partial charge in [-0.15, -0.1) is 0 Å². The second-order valence-electron chi connectivity index (χ2n) is 4.85. The summed E-state index contributed by atoms with van der Waals surface area (Å²) in [6, 6.07) is 9.82. The second-order valence-corrected chi connectivity index (χ2v) is 4.85. The molecular weight excluding hydrogens is 240 g/mol. The van der Waals surface area contributed by atoms with E-state index in [-0.39, 0.29) is 11.9 Å². The van der Waals surface area contributed by atoms with Crippen LogP contribution in [0.3, 0.4) is 0 Å². The first-order valence-corrected chi connectivity index (χ1v) is 6.43. The number of furan rings is 1. The molecular formula is C15H16N2O2. The van der Waals surface area contributed by atoms with E-state index in [0.717, 1.165) is 23.9 Å². The first kappa shape index (κ1) is 12.0. The van der Waals surface area contributed by atoms with Crippen molar-refractivity contribution in [1.29, 1.82) is 0 Å². The molecule has 0 spiro atoms. The molecule has 98 valence electrons. The Labute approximate surface area is 111 Å². The summed E-state index contributed by atoms with van der Waals surface area (Å²) in [5.41, 5.74) is 6.62. The van der Waals surface area contributed by atoms with Crippen molar-refractivity contribution < 1.29 is 9.21 Å². The van der Waals surface area contributed by atoms with Gasteiger partial charge in [-0.05, 0) is 24.6 Å². The second kappa shape index (κ2) is 4.90. The average molecular weight is 256 g/mol. The maximum atomic E-state index is 11.9. The van der Waals surface area contributed by atoms with Crippen LogP contribution >= 0.6 is 0 Å². The summed E-state index contributed by atoms with van der Waals surface area (Å²) in [7, 11) is 0. The highest BCUT2D eigenvalue weighted by molar-refractivity contribution is 5.92. The first-order chi connectivity index (χ1) is 9.22. The summed E-state index contributed by atoms with van der Waals surface area (Å²) in [4.78, 5) is 13.7. The molecule has 19 heavy (non-hydrogen) atoms. The quantitative estimate of drug-likeness (QED) is 0.836. The van der Waals surface area contributed by atoms with Gasteiger partial charge in [0.25, 0.3) is 0 Å². The number of amides is 1. The predicted molar refractivity (Wildman–Crippen MR) is 74.4 cm³/mol. The van der Waals surface area contributed by atoms with Gasteiger partial charge in [0.2, 0.25) is 5.91 Å². The van der Waals surface area contributed by atoms with Gasteiger partial charge in [-0.1, -0.05) is 18.2 Å². The number of rotatable bonds is 2. The van der Waals surface area contributed by atoms with Crippen molar-refractivity contribution in [1.82, 2.24) is 4.90 Å². The lowest BCUT2D eigenvalue weighted by Gasteiger charge is -2.12. The topological polar surface area (TPSA) is 59.5 Å². The van der Waals surface area contributed by atoms with Crippen LogP contribution in [0.5, 0.6) is 0 Å². The molecule has 0 unspecified atom stereocenters. The average Bonchev–Trinajstić information content (AvgIpc) is 3.01. The summed E-state index contributed by atoms with van der Waals surface area (Å²) in [5.74, 6) is 0.687. The van der Waals surface area contributed by atoms with Crippen molar-refractivity contribution in [3.63, 3.8) is 0 Å². The Morgan fingerprint density at radius 1 is 1.42 bits per heavy atom. The number of carbonyl (C=O) groups excluding carboxylic acids is 1. The van der Waals surface area contributed by atoms with Crippen molar-refractivity contribution in [3.8, 4) is 0 Å². The molecule has 1 amide bonds. The van der Waals surface area contributed by atoms with Crippen LogP contribution in [0.1, 0.15) is 12.2 Å². The largest absolute Gasteiger partial charge is 0.457 e. The summed E-state index contributed by atoms with van der Waals surface area (Å²) >= 11 is 0. The number of likely N-dealkylation sites (tertiary alicyclic amines) is 1. The lowest BCUT2D eigenvalue weighted by Crippen LogP contribution is -2.30. The Hall–Kier alpha value is -2.07. The van der Waals surface area contributed by atoms with E-state index in [0.29, 0.717) is 12.3 Å². The molecule has 4 nitrogen and oxygen atoms in total. The molecule has 1 aliphatic heterocycles. The van der Waals surface area contributed by atoms with E-state index in [1.165, 1.54) is 0 Å². The van der Waals surface area contributed by atoms with Crippen molar-refractivity contribution >= 4 is 23.0 Å². The van der Waals surface area contributed by atoms with Crippen molar-refractivity contribution in [3.05, 3.63) is 42.2 Å². The fraction of sp³-hybridized carbons (Fsp3) is 0.267. The molecule has 0 aliphatic carbocycles. The zero-order chi connectivity index (χ0) is 13.2. The number of hydrogen-bond acceptors (Lipinski definition) is 3. The maximum absolute atomic E-state index is 11.9. The van der Waals surface area contributed by atoms with E-state index < -0.39 is 0 Å². The third kappa shape index (κ3) is 2.53. The molecule has 2 N–H and O–H groups in total. The van der Waals surface area contributed by atoms with E-state index in [1.54, 1.807) is 17.1 Å². The molecule has 1 fully saturated rings. The van der Waals surface area contributed by atoms with Crippen molar-refractivity contribution in [2.45, 2.75) is 12.5 Å². The molecule has 2 heterocycles. The Morgan fingerprint density at radius 2 is 2.26 bits per heavy atom. The number of benzene rings is 1. The molecule has 1 aromatic carbocycles. The van der Waals surface area contributed by atoms with Crippen LogP contribution in [-0.2, 0) is 4.79 Å². The monoisotopic (exact) mass is 256 g/mol. The smallest absolute Gasteiger partial charge is 0.246 e. The van der Waals surface area contributed by atoms with Gasteiger partial charge < -0.3 is 15.1 Å². The van der Waals surface area contributed by atoms with Gasteiger partial charge in [-0.25, -0.2) is 0 Å². The molecule has 0 radical (unpaired) electrons. The Bertz CT molecular complexity index is 597. The summed E-state index contributed by atoms with van der Waals surface area (Å²) in [6.07, 6.45) is 4.14. The highest BCUT2D eigenvalue weighted by atomic mass is 16.3. The molecule has 1 atom stereocenters. The molecule has 3 rings (SSSR count). The lowest BCUT2D eigenvalue weighted by molar-refractivity contribution is -0.124. The van der Waals surface area contributed by atoms with E-state index in [1.807, 2.05) is 30.3 Å². The summed E-state index contributed by atoms with van der Waals surface area (Å²) in [6.45, 7) is 1.38. The van der Waals surface area contributed by atoms with E-state index in [2.05, 4.69) is 0 Å². The molecule has 1 aliphatic rings. The van der Waals surface area contributed by atoms with Crippen molar-refractivity contribution in [2.75, 3.05) is 13.1 Å². The van der Waals surface area contributed by atoms with Crippen LogP contribution in [0.2, 0.25) is 0 Å². The number of hydrogen-bond donors (Lipinski definition) is 1. The van der Waals surface area contributed by atoms with E-state index in [4.69, 9.17) is 10.2 Å². The number of fused-ring (bicyclic) bond motifs is 1. The summed E-state index contributed by atoms with van der Waals surface area (Å²) in [5, 5.41) is 1.04.